The van der Waals surface area contributed by atoms with Crippen LogP contribution in [-0.4, -0.2) is 13.7 Å². The van der Waals surface area contributed by atoms with Gasteiger partial charge in [0.1, 0.15) is 0 Å². The Bertz CT molecular complexity index is 3770. The van der Waals surface area contributed by atoms with E-state index in [0.717, 1.165) is 29.9 Å². The molecule has 9 aromatic carbocycles. The summed E-state index contributed by atoms with van der Waals surface area (Å²) in [5.74, 6) is -0.000550. The van der Waals surface area contributed by atoms with Gasteiger partial charge in [-0.2, -0.15) is 0 Å². The lowest BCUT2D eigenvalue weighted by Crippen LogP contribution is -2.05. The van der Waals surface area contributed by atoms with Gasteiger partial charge in [0.25, 0.3) is 0 Å². The van der Waals surface area contributed by atoms with Gasteiger partial charge in [-0.1, -0.05) is 199 Å². The van der Waals surface area contributed by atoms with Gasteiger partial charge in [0.05, 0.1) is 11.0 Å². The number of benzene rings is 9. The Morgan fingerprint density at radius 3 is 1.19 bits per heavy atom. The van der Waals surface area contributed by atoms with E-state index in [-0.39, 0.29) is 5.92 Å². The molecule has 3 heteroatoms. The number of fused-ring (bicyclic) bond motifs is 9. The molecule has 0 aliphatic heterocycles. The summed E-state index contributed by atoms with van der Waals surface area (Å²) in [6.45, 7) is 14.6. The lowest BCUT2D eigenvalue weighted by molar-refractivity contribution is 0.602. The lowest BCUT2D eigenvalue weighted by Gasteiger charge is -2.21. The fourth-order valence-corrected chi connectivity index (χ4v) is 12.1. The summed E-state index contributed by atoms with van der Waals surface area (Å²) in [7, 11) is 0. The third kappa shape index (κ3) is 8.54. The Morgan fingerprint density at radius 2 is 0.743 bits per heavy atom. The predicted molar refractivity (Wildman–Crippen MR) is 320 cm³/mol. The highest BCUT2D eigenvalue weighted by atomic mass is 15.0. The average Bonchev–Trinajstić information content (AvgIpc) is 4.08. The van der Waals surface area contributed by atoms with Crippen LogP contribution in [-0.2, 0) is 13.1 Å². The zero-order valence-electron chi connectivity index (χ0n) is 43.0. The summed E-state index contributed by atoms with van der Waals surface area (Å²) in [5, 5.41) is 7.78. The van der Waals surface area contributed by atoms with Crippen LogP contribution in [0, 0.1) is 0 Å². The van der Waals surface area contributed by atoms with Crippen LogP contribution >= 0.6 is 0 Å². The van der Waals surface area contributed by atoms with Crippen molar-refractivity contribution in [1.82, 2.24) is 13.7 Å². The van der Waals surface area contributed by atoms with Crippen molar-refractivity contribution in [1.29, 1.82) is 0 Å². The second kappa shape index (κ2) is 20.4. The zero-order chi connectivity index (χ0) is 50.1. The number of unbranched alkanes of at least 4 members (excludes halogenated alkanes) is 6. The Labute approximate surface area is 436 Å². The minimum Gasteiger partial charge on any atom is -0.340 e. The third-order valence-corrected chi connectivity index (χ3v) is 15.9. The van der Waals surface area contributed by atoms with Crippen molar-refractivity contribution in [2.45, 2.75) is 84.2 Å². The Kier molecular flexibility index (Phi) is 12.9. The van der Waals surface area contributed by atoms with E-state index in [4.69, 9.17) is 0 Å². The molecule has 0 N–H and O–H groups in total. The van der Waals surface area contributed by atoms with Crippen LogP contribution in [0.3, 0.4) is 0 Å². The Morgan fingerprint density at radius 1 is 0.351 bits per heavy atom. The second-order valence-electron chi connectivity index (χ2n) is 20.5. The van der Waals surface area contributed by atoms with Crippen molar-refractivity contribution in [3.8, 4) is 27.9 Å². The van der Waals surface area contributed by atoms with Crippen molar-refractivity contribution in [3.63, 3.8) is 0 Å². The number of aromatic nitrogens is 3. The lowest BCUT2D eigenvalue weighted by atomic mass is 9.84. The van der Waals surface area contributed by atoms with E-state index in [1.54, 1.807) is 0 Å². The molecule has 3 aromatic heterocycles. The first-order chi connectivity index (χ1) is 36.5. The van der Waals surface area contributed by atoms with Gasteiger partial charge < -0.3 is 13.7 Å². The minimum absolute atomic E-state index is 0.000550. The van der Waals surface area contributed by atoms with Gasteiger partial charge in [0.2, 0.25) is 0 Å². The molecule has 0 amide bonds. The summed E-state index contributed by atoms with van der Waals surface area (Å²) >= 11 is 0. The summed E-state index contributed by atoms with van der Waals surface area (Å²) in [6.07, 6.45) is 13.7. The molecule has 74 heavy (non-hydrogen) atoms. The molecule has 0 aliphatic rings. The molecule has 0 radical (unpaired) electrons. The van der Waals surface area contributed by atoms with Gasteiger partial charge >= 0.3 is 0 Å². The first-order valence-corrected chi connectivity index (χ1v) is 27.2. The SMILES string of the molecule is C=Cc1ccc(-c2ccc3c(c2)c2cc(-c4ccc(C=C)cc4)ccc2n3-c2ccc(C(c3ccc4c(c3)c3ccccc3n4CCCCCC)c3ccc4c(c3)c3ccccc3n4CCCCCC)cc2)cc1. The molecular formula is C71H65N3. The van der Waals surface area contributed by atoms with Crippen molar-refractivity contribution in [2.24, 2.45) is 0 Å². The maximum absolute atomic E-state index is 3.99. The largest absolute Gasteiger partial charge is 0.340 e. The highest BCUT2D eigenvalue weighted by Gasteiger charge is 2.23. The molecule has 0 saturated carbocycles. The van der Waals surface area contributed by atoms with E-state index in [0.29, 0.717) is 0 Å². The molecule has 364 valence electrons. The predicted octanol–water partition coefficient (Wildman–Crippen LogP) is 20.0. The molecule has 0 fully saturated rings. The first-order valence-electron chi connectivity index (χ1n) is 27.2. The number of hydrogen-bond acceptors (Lipinski definition) is 0. The molecule has 12 aromatic rings. The van der Waals surface area contributed by atoms with Crippen LogP contribution in [0.15, 0.2) is 207 Å². The zero-order valence-corrected chi connectivity index (χ0v) is 43.0. The monoisotopic (exact) mass is 960 g/mol. The number of nitrogens with zero attached hydrogens (tertiary/aromatic N) is 3. The first kappa shape index (κ1) is 46.9. The van der Waals surface area contributed by atoms with Gasteiger partial charge in [0.15, 0.2) is 0 Å². The van der Waals surface area contributed by atoms with Crippen molar-refractivity contribution in [2.75, 3.05) is 0 Å². The molecule has 0 bridgehead atoms. The fourth-order valence-electron chi connectivity index (χ4n) is 12.1. The molecule has 3 heterocycles. The van der Waals surface area contributed by atoms with E-state index in [1.807, 2.05) is 12.2 Å². The van der Waals surface area contributed by atoms with E-state index in [9.17, 15) is 0 Å². The number of aryl methyl sites for hydroxylation is 2. The third-order valence-electron chi connectivity index (χ3n) is 15.9. The standard InChI is InChI=1S/C71H65N3/c1-5-9-11-17-43-72-65-21-15-13-19-59(65)61-47-56(35-39-67(61)72)71(57-36-40-68-62(48-57)60-20-14-16-22-66(60)73(68)44-18-12-10-6-2)53-31-37-58(38-32-53)74-69-41-33-54(51-27-23-49(7-3)24-28-51)45-63(69)64-46-55(34-42-70(64)74)52-29-25-50(8-4)26-30-52/h7-8,13-16,19-42,45-48,71H,3-6,9-12,17-18,43-44H2,1-2H3. The summed E-state index contributed by atoms with van der Waals surface area (Å²) in [6, 6.07) is 73.6. The highest BCUT2D eigenvalue weighted by molar-refractivity contribution is 6.12. The van der Waals surface area contributed by atoms with Gasteiger partial charge in [-0.3, -0.25) is 0 Å². The van der Waals surface area contributed by atoms with Crippen LogP contribution in [0.25, 0.3) is 106 Å². The number of rotatable bonds is 18. The van der Waals surface area contributed by atoms with E-state index in [1.165, 1.54) is 156 Å². The van der Waals surface area contributed by atoms with Crippen molar-refractivity contribution in [3.05, 3.63) is 235 Å². The topological polar surface area (TPSA) is 14.8 Å². The molecule has 3 nitrogen and oxygen atoms in total. The normalized spacial score (nSPS) is 11.9. The maximum Gasteiger partial charge on any atom is 0.0541 e. The van der Waals surface area contributed by atoms with Gasteiger partial charge in [-0.05, 0) is 136 Å². The Hall–Kier alpha value is -8.14. The smallest absolute Gasteiger partial charge is 0.0541 e. The minimum atomic E-state index is -0.000550. The average molecular weight is 960 g/mol. The summed E-state index contributed by atoms with van der Waals surface area (Å²) in [5.41, 5.74) is 19.7. The molecule has 0 spiro atoms. The van der Waals surface area contributed by atoms with E-state index < -0.39 is 0 Å². The maximum atomic E-state index is 3.99. The van der Waals surface area contributed by atoms with Crippen LogP contribution in [0.2, 0.25) is 0 Å². The molecule has 0 aliphatic carbocycles. The van der Waals surface area contributed by atoms with Crippen LogP contribution < -0.4 is 0 Å². The number of hydrogen-bond donors (Lipinski definition) is 0. The molecular weight excluding hydrogens is 895 g/mol. The molecule has 0 atom stereocenters. The van der Waals surface area contributed by atoms with E-state index in [2.05, 4.69) is 235 Å². The van der Waals surface area contributed by atoms with E-state index >= 15 is 0 Å². The van der Waals surface area contributed by atoms with Gasteiger partial charge in [0, 0.05) is 79.1 Å². The quantitative estimate of drug-likeness (QED) is 0.0601. The van der Waals surface area contributed by atoms with Crippen LogP contribution in [0.5, 0.6) is 0 Å². The summed E-state index contributed by atoms with van der Waals surface area (Å²) in [4.78, 5) is 0. The highest BCUT2D eigenvalue weighted by Crippen LogP contribution is 2.42. The molecule has 0 unspecified atom stereocenters. The van der Waals surface area contributed by atoms with Crippen molar-refractivity contribution < 1.29 is 0 Å². The van der Waals surface area contributed by atoms with Gasteiger partial charge in [-0.25, -0.2) is 0 Å². The van der Waals surface area contributed by atoms with Crippen molar-refractivity contribution >= 4 is 77.6 Å². The van der Waals surface area contributed by atoms with Crippen LogP contribution in [0.4, 0.5) is 0 Å². The molecule has 12 rings (SSSR count). The second-order valence-corrected chi connectivity index (χ2v) is 20.5. The van der Waals surface area contributed by atoms with Gasteiger partial charge in [-0.15, -0.1) is 0 Å². The molecule has 0 saturated heterocycles. The van der Waals surface area contributed by atoms with Crippen LogP contribution in [0.1, 0.15) is 98.9 Å². The fraction of sp³-hybridized carbons (Fsp3) is 0.183. The number of para-hydroxylation sites is 2. The Balaban J connectivity index is 1.01. The summed E-state index contributed by atoms with van der Waals surface area (Å²) < 4.78 is 7.61.